The van der Waals surface area contributed by atoms with Gasteiger partial charge in [0.15, 0.2) is 0 Å². The van der Waals surface area contributed by atoms with E-state index in [1.54, 1.807) is 0 Å². The summed E-state index contributed by atoms with van der Waals surface area (Å²) >= 11 is 0. The fourth-order valence-electron chi connectivity index (χ4n) is 2.04. The first-order chi connectivity index (χ1) is 9.16. The molecule has 0 atom stereocenters. The Kier molecular flexibility index (Phi) is 4.39. The molecule has 0 aliphatic rings. The highest BCUT2D eigenvalue weighted by molar-refractivity contribution is 5.91. The Morgan fingerprint density at radius 1 is 1.16 bits per heavy atom. The first kappa shape index (κ1) is 13.4. The molecular weight excluding hydrogens is 236 g/mol. The summed E-state index contributed by atoms with van der Waals surface area (Å²) in [5.41, 5.74) is 3.26. The zero-order chi connectivity index (χ0) is 13.7. The molecule has 0 aliphatic heterocycles. The van der Waals surface area contributed by atoms with E-state index in [4.69, 9.17) is 0 Å². The fourth-order valence-corrected chi connectivity index (χ4v) is 2.04. The second-order valence-electron chi connectivity index (χ2n) is 4.82. The van der Waals surface area contributed by atoms with Gasteiger partial charge in [-0.2, -0.15) is 0 Å². The maximum absolute atomic E-state index is 11.9. The molecule has 19 heavy (non-hydrogen) atoms. The molecule has 0 bridgehead atoms. The van der Waals surface area contributed by atoms with Crippen LogP contribution in [0.25, 0.3) is 0 Å². The second kappa shape index (κ2) is 6.23. The molecule has 0 spiro atoms. The predicted octanol–water partition coefficient (Wildman–Crippen LogP) is 3.52. The Hall–Kier alpha value is -2.03. The number of nitrogens with one attached hydrogen (secondary N) is 1. The van der Waals surface area contributed by atoms with E-state index in [9.17, 15) is 4.79 Å². The molecule has 1 heterocycles. The summed E-state index contributed by atoms with van der Waals surface area (Å²) in [5.74, 6) is 0.0841. The zero-order valence-corrected chi connectivity index (χ0v) is 11.5. The van der Waals surface area contributed by atoms with Crippen molar-refractivity contribution >= 4 is 11.6 Å². The summed E-state index contributed by atoms with van der Waals surface area (Å²) in [4.78, 5) is 11.9. The highest BCUT2D eigenvalue weighted by Gasteiger charge is 2.05. The van der Waals surface area contributed by atoms with Crippen LogP contribution in [-0.4, -0.2) is 10.5 Å². The second-order valence-corrected chi connectivity index (χ2v) is 4.82. The molecule has 2 rings (SSSR count). The lowest BCUT2D eigenvalue weighted by atomic mass is 10.1. The van der Waals surface area contributed by atoms with Crippen molar-refractivity contribution in [2.24, 2.45) is 0 Å². The van der Waals surface area contributed by atoms with Crippen LogP contribution < -0.4 is 5.32 Å². The number of nitrogens with zero attached hydrogens (tertiary/aromatic N) is 1. The van der Waals surface area contributed by atoms with Gasteiger partial charge in [0, 0.05) is 31.0 Å². The number of hydrogen-bond acceptors (Lipinski definition) is 1. The van der Waals surface area contributed by atoms with Gasteiger partial charge in [0.1, 0.15) is 0 Å². The molecule has 0 saturated carbocycles. The summed E-state index contributed by atoms with van der Waals surface area (Å²) in [7, 11) is 0. The van der Waals surface area contributed by atoms with E-state index in [0.29, 0.717) is 6.42 Å². The van der Waals surface area contributed by atoms with Crippen molar-refractivity contribution in [2.75, 3.05) is 5.32 Å². The summed E-state index contributed by atoms with van der Waals surface area (Å²) < 4.78 is 2.09. The Balaban J connectivity index is 1.82. The molecule has 1 aromatic heterocycles. The number of aromatic nitrogens is 1. The summed E-state index contributed by atoms with van der Waals surface area (Å²) in [6.07, 6.45) is 5.43. The first-order valence-electron chi connectivity index (χ1n) is 6.63. The minimum absolute atomic E-state index is 0.0841. The van der Waals surface area contributed by atoms with E-state index in [2.05, 4.69) is 22.9 Å². The van der Waals surface area contributed by atoms with Crippen molar-refractivity contribution in [1.29, 1.82) is 0 Å². The maximum atomic E-state index is 11.9. The normalized spacial score (nSPS) is 10.4. The van der Waals surface area contributed by atoms with Gasteiger partial charge in [0.2, 0.25) is 5.91 Å². The van der Waals surface area contributed by atoms with E-state index < -0.39 is 0 Å². The molecule has 1 amide bonds. The van der Waals surface area contributed by atoms with Crippen molar-refractivity contribution in [3.63, 3.8) is 0 Å². The molecule has 2 aromatic rings. The van der Waals surface area contributed by atoms with E-state index in [1.165, 1.54) is 5.56 Å². The number of carbonyl (C=O) groups is 1. The van der Waals surface area contributed by atoms with Gasteiger partial charge in [0.05, 0.1) is 0 Å². The van der Waals surface area contributed by atoms with Gasteiger partial charge in [-0.05, 0) is 49.6 Å². The number of hydrogen-bond donors (Lipinski definition) is 1. The van der Waals surface area contributed by atoms with Crippen LogP contribution in [0, 0.1) is 13.8 Å². The third-order valence-electron chi connectivity index (χ3n) is 3.37. The van der Waals surface area contributed by atoms with Gasteiger partial charge in [0.25, 0.3) is 0 Å². The minimum Gasteiger partial charge on any atom is -0.354 e. The van der Waals surface area contributed by atoms with Gasteiger partial charge in [-0.1, -0.05) is 12.1 Å². The van der Waals surface area contributed by atoms with E-state index in [0.717, 1.165) is 24.2 Å². The first-order valence-corrected chi connectivity index (χ1v) is 6.63. The average molecular weight is 256 g/mol. The van der Waals surface area contributed by atoms with Crippen LogP contribution in [-0.2, 0) is 11.3 Å². The Morgan fingerprint density at radius 3 is 2.63 bits per heavy atom. The van der Waals surface area contributed by atoms with Crippen molar-refractivity contribution in [3.05, 3.63) is 53.9 Å². The quantitative estimate of drug-likeness (QED) is 0.872. The lowest BCUT2D eigenvalue weighted by Gasteiger charge is -2.10. The van der Waals surface area contributed by atoms with Crippen LogP contribution in [0.1, 0.15) is 24.0 Å². The number of aryl methyl sites for hydroxylation is 2. The predicted molar refractivity (Wildman–Crippen MR) is 78.2 cm³/mol. The maximum Gasteiger partial charge on any atom is 0.224 e. The number of rotatable bonds is 5. The largest absolute Gasteiger partial charge is 0.354 e. The number of benzene rings is 1. The highest BCUT2D eigenvalue weighted by Crippen LogP contribution is 2.18. The van der Waals surface area contributed by atoms with Crippen LogP contribution in [0.2, 0.25) is 0 Å². The standard InChI is InChI=1S/C16H20N2O/c1-13-7-5-8-15(14(13)2)17-16(19)9-6-12-18-10-3-4-11-18/h3-5,7-8,10-11H,6,9,12H2,1-2H3,(H,17,19). The molecule has 0 saturated heterocycles. The Morgan fingerprint density at radius 2 is 1.89 bits per heavy atom. The third-order valence-corrected chi connectivity index (χ3v) is 3.37. The van der Waals surface area contributed by atoms with Crippen LogP contribution in [0.3, 0.4) is 0 Å². The number of amides is 1. The van der Waals surface area contributed by atoms with Crippen molar-refractivity contribution in [3.8, 4) is 0 Å². The molecule has 0 radical (unpaired) electrons. The molecule has 3 heteroatoms. The van der Waals surface area contributed by atoms with Gasteiger partial charge in [-0.3, -0.25) is 4.79 Å². The van der Waals surface area contributed by atoms with Crippen molar-refractivity contribution < 1.29 is 4.79 Å². The van der Waals surface area contributed by atoms with Gasteiger partial charge in [-0.15, -0.1) is 0 Å². The van der Waals surface area contributed by atoms with Crippen LogP contribution in [0.5, 0.6) is 0 Å². The lowest BCUT2D eigenvalue weighted by molar-refractivity contribution is -0.116. The molecule has 1 N–H and O–H groups in total. The van der Waals surface area contributed by atoms with Crippen LogP contribution >= 0.6 is 0 Å². The monoisotopic (exact) mass is 256 g/mol. The van der Waals surface area contributed by atoms with Crippen LogP contribution in [0.4, 0.5) is 5.69 Å². The molecule has 1 aromatic carbocycles. The Labute approximate surface area is 114 Å². The summed E-state index contributed by atoms with van der Waals surface area (Å²) in [6.45, 7) is 4.97. The average Bonchev–Trinajstić information content (AvgIpc) is 2.88. The molecule has 0 fully saturated rings. The van der Waals surface area contributed by atoms with E-state index in [1.807, 2.05) is 43.6 Å². The third kappa shape index (κ3) is 3.71. The molecular formula is C16H20N2O. The topological polar surface area (TPSA) is 34.0 Å². The van der Waals surface area contributed by atoms with Crippen molar-refractivity contribution in [1.82, 2.24) is 4.57 Å². The number of carbonyl (C=O) groups excluding carboxylic acids is 1. The summed E-state index contributed by atoms with van der Waals surface area (Å²) in [5, 5.41) is 2.98. The van der Waals surface area contributed by atoms with E-state index >= 15 is 0 Å². The van der Waals surface area contributed by atoms with Crippen LogP contribution in [0.15, 0.2) is 42.7 Å². The Bertz CT molecular complexity index is 544. The fraction of sp³-hybridized carbons (Fsp3) is 0.312. The molecule has 0 aliphatic carbocycles. The van der Waals surface area contributed by atoms with Crippen molar-refractivity contribution in [2.45, 2.75) is 33.2 Å². The highest BCUT2D eigenvalue weighted by atomic mass is 16.1. The molecule has 0 unspecified atom stereocenters. The van der Waals surface area contributed by atoms with Gasteiger partial charge < -0.3 is 9.88 Å². The van der Waals surface area contributed by atoms with Gasteiger partial charge >= 0.3 is 0 Å². The smallest absolute Gasteiger partial charge is 0.224 e. The minimum atomic E-state index is 0.0841. The molecule has 3 nitrogen and oxygen atoms in total. The number of anilines is 1. The lowest BCUT2D eigenvalue weighted by Crippen LogP contribution is -2.13. The molecule has 100 valence electrons. The SMILES string of the molecule is Cc1cccc(NC(=O)CCCn2cccc2)c1C. The van der Waals surface area contributed by atoms with Gasteiger partial charge in [-0.25, -0.2) is 0 Å². The zero-order valence-electron chi connectivity index (χ0n) is 11.5. The summed E-state index contributed by atoms with van der Waals surface area (Å²) in [6, 6.07) is 9.97. The van der Waals surface area contributed by atoms with E-state index in [-0.39, 0.29) is 5.91 Å².